The van der Waals surface area contributed by atoms with Crippen molar-refractivity contribution in [1.82, 2.24) is 0 Å². The predicted molar refractivity (Wildman–Crippen MR) is 59.0 cm³/mol. The SMILES string of the molecule is CCOC(=O)C1C=Nc2c(F)cccc2C1=O. The third-order valence-electron chi connectivity index (χ3n) is 2.43. The Morgan fingerprint density at radius 2 is 2.29 bits per heavy atom. The molecule has 0 aromatic heterocycles. The molecule has 2 rings (SSSR count). The molecule has 5 heteroatoms. The molecular weight excluding hydrogens is 225 g/mol. The summed E-state index contributed by atoms with van der Waals surface area (Å²) in [5.74, 6) is -2.78. The van der Waals surface area contributed by atoms with Gasteiger partial charge in [-0.25, -0.2) is 4.39 Å². The molecule has 88 valence electrons. The van der Waals surface area contributed by atoms with Gasteiger partial charge in [0.2, 0.25) is 0 Å². The Kier molecular flexibility index (Phi) is 2.99. The topological polar surface area (TPSA) is 55.7 Å². The van der Waals surface area contributed by atoms with E-state index in [0.717, 1.165) is 6.21 Å². The van der Waals surface area contributed by atoms with Gasteiger partial charge in [-0.3, -0.25) is 14.6 Å². The van der Waals surface area contributed by atoms with Crippen molar-refractivity contribution in [2.75, 3.05) is 6.61 Å². The van der Waals surface area contributed by atoms with Crippen LogP contribution in [0.2, 0.25) is 0 Å². The van der Waals surface area contributed by atoms with E-state index in [4.69, 9.17) is 4.74 Å². The molecule has 0 spiro atoms. The molecule has 0 saturated carbocycles. The molecule has 0 bridgehead atoms. The van der Waals surface area contributed by atoms with E-state index in [1.54, 1.807) is 6.92 Å². The van der Waals surface area contributed by atoms with Crippen LogP contribution in [0.1, 0.15) is 17.3 Å². The number of esters is 1. The summed E-state index contributed by atoms with van der Waals surface area (Å²) >= 11 is 0. The minimum atomic E-state index is -1.07. The first-order valence-electron chi connectivity index (χ1n) is 5.18. The average Bonchev–Trinajstić information content (AvgIpc) is 2.31. The fourth-order valence-corrected chi connectivity index (χ4v) is 1.63. The number of hydrogen-bond donors (Lipinski definition) is 0. The summed E-state index contributed by atoms with van der Waals surface area (Å²) in [4.78, 5) is 27.2. The number of benzene rings is 1. The number of nitrogens with zero attached hydrogens (tertiary/aromatic N) is 1. The molecule has 4 nitrogen and oxygen atoms in total. The number of para-hydroxylation sites is 1. The molecule has 0 amide bonds. The molecule has 1 atom stereocenters. The fraction of sp³-hybridized carbons (Fsp3) is 0.250. The van der Waals surface area contributed by atoms with Crippen LogP contribution in [-0.4, -0.2) is 24.6 Å². The first kappa shape index (κ1) is 11.4. The zero-order chi connectivity index (χ0) is 12.4. The van der Waals surface area contributed by atoms with E-state index in [2.05, 4.69) is 4.99 Å². The molecule has 17 heavy (non-hydrogen) atoms. The Bertz CT molecular complexity index is 510. The highest BCUT2D eigenvalue weighted by atomic mass is 19.1. The summed E-state index contributed by atoms with van der Waals surface area (Å²) in [7, 11) is 0. The van der Waals surface area contributed by atoms with E-state index in [-0.39, 0.29) is 17.9 Å². The lowest BCUT2D eigenvalue weighted by Gasteiger charge is -2.16. The van der Waals surface area contributed by atoms with Gasteiger partial charge >= 0.3 is 5.97 Å². The van der Waals surface area contributed by atoms with Crippen LogP contribution in [0.5, 0.6) is 0 Å². The van der Waals surface area contributed by atoms with Crippen LogP contribution in [0.15, 0.2) is 23.2 Å². The van der Waals surface area contributed by atoms with Crippen molar-refractivity contribution in [2.45, 2.75) is 6.92 Å². The maximum atomic E-state index is 13.3. The van der Waals surface area contributed by atoms with Gasteiger partial charge in [-0.15, -0.1) is 0 Å². The van der Waals surface area contributed by atoms with Gasteiger partial charge < -0.3 is 4.74 Å². The van der Waals surface area contributed by atoms with Crippen molar-refractivity contribution in [3.05, 3.63) is 29.6 Å². The van der Waals surface area contributed by atoms with Crippen LogP contribution in [0.25, 0.3) is 0 Å². The highest BCUT2D eigenvalue weighted by Crippen LogP contribution is 2.29. The van der Waals surface area contributed by atoms with E-state index >= 15 is 0 Å². The van der Waals surface area contributed by atoms with Gasteiger partial charge in [0.1, 0.15) is 11.5 Å². The minimum Gasteiger partial charge on any atom is -0.465 e. The molecule has 0 N–H and O–H groups in total. The van der Waals surface area contributed by atoms with E-state index in [0.29, 0.717) is 0 Å². The summed E-state index contributed by atoms with van der Waals surface area (Å²) in [6.45, 7) is 1.84. The molecule has 1 unspecified atom stereocenters. The zero-order valence-electron chi connectivity index (χ0n) is 9.14. The Balaban J connectivity index is 2.37. The molecule has 0 saturated heterocycles. The third kappa shape index (κ3) is 1.95. The summed E-state index contributed by atoms with van der Waals surface area (Å²) in [6, 6.07) is 4.08. The van der Waals surface area contributed by atoms with Gasteiger partial charge in [0.25, 0.3) is 0 Å². The Morgan fingerprint density at radius 1 is 1.53 bits per heavy atom. The maximum absolute atomic E-state index is 13.3. The van der Waals surface area contributed by atoms with Crippen molar-refractivity contribution in [2.24, 2.45) is 10.9 Å². The molecule has 0 aliphatic carbocycles. The number of halogens is 1. The van der Waals surface area contributed by atoms with Crippen LogP contribution in [0.4, 0.5) is 10.1 Å². The lowest BCUT2D eigenvalue weighted by Crippen LogP contribution is -2.29. The van der Waals surface area contributed by atoms with E-state index in [1.807, 2.05) is 0 Å². The molecule has 0 fully saturated rings. The zero-order valence-corrected chi connectivity index (χ0v) is 9.14. The van der Waals surface area contributed by atoms with Crippen LogP contribution >= 0.6 is 0 Å². The molecular formula is C12H10FNO3. The highest BCUT2D eigenvalue weighted by Gasteiger charge is 2.32. The lowest BCUT2D eigenvalue weighted by atomic mass is 9.94. The highest BCUT2D eigenvalue weighted by molar-refractivity contribution is 6.22. The minimum absolute atomic E-state index is 0.0157. The number of carbonyl (C=O) groups excluding carboxylic acids is 2. The van der Waals surface area contributed by atoms with E-state index in [9.17, 15) is 14.0 Å². The standard InChI is InChI=1S/C12H10FNO3/c1-2-17-12(16)8-6-14-10-7(11(8)15)4-3-5-9(10)13/h3-6,8H,2H2,1H3. The molecule has 1 aliphatic heterocycles. The van der Waals surface area contributed by atoms with Gasteiger partial charge in [-0.05, 0) is 19.1 Å². The van der Waals surface area contributed by atoms with Crippen LogP contribution in [-0.2, 0) is 9.53 Å². The van der Waals surface area contributed by atoms with Crippen molar-refractivity contribution < 1.29 is 18.7 Å². The average molecular weight is 235 g/mol. The fourth-order valence-electron chi connectivity index (χ4n) is 1.63. The number of hydrogen-bond acceptors (Lipinski definition) is 4. The summed E-state index contributed by atoms with van der Waals surface area (Å²) < 4.78 is 18.1. The van der Waals surface area contributed by atoms with Gasteiger partial charge in [0, 0.05) is 11.8 Å². The normalized spacial score (nSPS) is 17.8. The first-order valence-corrected chi connectivity index (χ1v) is 5.18. The molecule has 1 aromatic rings. The Morgan fingerprint density at radius 3 is 3.00 bits per heavy atom. The second-order valence-electron chi connectivity index (χ2n) is 3.51. The number of Topliss-reactive ketones (excluding diaryl/α,β-unsaturated/α-hetero) is 1. The molecule has 0 radical (unpaired) electrons. The maximum Gasteiger partial charge on any atom is 0.322 e. The van der Waals surface area contributed by atoms with Gasteiger partial charge in [-0.2, -0.15) is 0 Å². The van der Waals surface area contributed by atoms with E-state index < -0.39 is 23.5 Å². The first-order chi connectivity index (χ1) is 8.15. The number of ketones is 1. The second kappa shape index (κ2) is 4.45. The number of aliphatic imine (C=N–C) groups is 1. The summed E-state index contributed by atoms with van der Waals surface area (Å²) in [5.41, 5.74) is 0.101. The van der Waals surface area contributed by atoms with Crippen molar-refractivity contribution in [3.63, 3.8) is 0 Å². The quantitative estimate of drug-likeness (QED) is 0.581. The lowest BCUT2D eigenvalue weighted by molar-refractivity contribution is -0.144. The third-order valence-corrected chi connectivity index (χ3v) is 2.43. The number of ether oxygens (including phenoxy) is 1. The molecule has 1 heterocycles. The van der Waals surface area contributed by atoms with Crippen LogP contribution in [0.3, 0.4) is 0 Å². The van der Waals surface area contributed by atoms with Crippen LogP contribution < -0.4 is 0 Å². The number of rotatable bonds is 2. The van der Waals surface area contributed by atoms with Crippen molar-refractivity contribution in [1.29, 1.82) is 0 Å². The molecule has 1 aliphatic rings. The van der Waals surface area contributed by atoms with Gasteiger partial charge in [0.05, 0.1) is 6.61 Å². The van der Waals surface area contributed by atoms with Crippen molar-refractivity contribution >= 4 is 23.7 Å². The van der Waals surface area contributed by atoms with Crippen LogP contribution in [0, 0.1) is 11.7 Å². The summed E-state index contributed by atoms with van der Waals surface area (Å²) in [5, 5.41) is 0. The Labute approximate surface area is 97.1 Å². The number of fused-ring (bicyclic) bond motifs is 1. The van der Waals surface area contributed by atoms with E-state index in [1.165, 1.54) is 18.2 Å². The largest absolute Gasteiger partial charge is 0.465 e. The monoisotopic (exact) mass is 235 g/mol. The number of carbonyl (C=O) groups is 2. The predicted octanol–water partition coefficient (Wildman–Crippen LogP) is 1.90. The van der Waals surface area contributed by atoms with Gasteiger partial charge in [-0.1, -0.05) is 6.07 Å². The van der Waals surface area contributed by atoms with Crippen molar-refractivity contribution in [3.8, 4) is 0 Å². The second-order valence-corrected chi connectivity index (χ2v) is 3.51. The molecule has 1 aromatic carbocycles. The van der Waals surface area contributed by atoms with Gasteiger partial charge in [0.15, 0.2) is 11.7 Å². The summed E-state index contributed by atoms with van der Waals surface area (Å²) in [6.07, 6.45) is 1.13. The Hall–Kier alpha value is -2.04. The smallest absolute Gasteiger partial charge is 0.322 e.